The van der Waals surface area contributed by atoms with Gasteiger partial charge in [-0.05, 0) is 42.8 Å². The van der Waals surface area contributed by atoms with Crippen molar-refractivity contribution in [3.63, 3.8) is 0 Å². The predicted molar refractivity (Wildman–Crippen MR) is 123 cm³/mol. The molecule has 0 aliphatic carbocycles. The summed E-state index contributed by atoms with van der Waals surface area (Å²) in [5.41, 5.74) is 4.03. The number of nitrogens with zero attached hydrogens (tertiary/aromatic N) is 1. The number of thiophene rings is 1. The molecule has 0 saturated carbocycles. The molecule has 3 aromatic rings. The molecule has 2 aliphatic heterocycles. The van der Waals surface area contributed by atoms with E-state index >= 15 is 0 Å². The lowest BCUT2D eigenvalue weighted by molar-refractivity contribution is 0.0934. The van der Waals surface area contributed by atoms with Gasteiger partial charge in [0.05, 0.1) is 5.56 Å². The van der Waals surface area contributed by atoms with Crippen LogP contribution in [0.25, 0.3) is 0 Å². The van der Waals surface area contributed by atoms with E-state index in [4.69, 9.17) is 4.74 Å². The second-order valence-electron chi connectivity index (χ2n) is 7.70. The van der Waals surface area contributed by atoms with E-state index in [0.717, 1.165) is 51.4 Å². The quantitative estimate of drug-likeness (QED) is 0.552. The van der Waals surface area contributed by atoms with Crippen molar-refractivity contribution in [2.24, 2.45) is 0 Å². The van der Waals surface area contributed by atoms with Crippen molar-refractivity contribution in [3.05, 3.63) is 80.1 Å². The van der Waals surface area contributed by atoms with Crippen molar-refractivity contribution in [1.82, 2.24) is 10.2 Å². The molecule has 5 rings (SSSR count). The van der Waals surface area contributed by atoms with Crippen LogP contribution in [0.3, 0.4) is 0 Å². The fraction of sp³-hybridized carbons (Fsp3) is 0.261. The molecule has 0 unspecified atom stereocenters. The summed E-state index contributed by atoms with van der Waals surface area (Å²) in [5, 5.41) is 7.65. The van der Waals surface area contributed by atoms with Gasteiger partial charge in [-0.25, -0.2) is 0 Å². The summed E-state index contributed by atoms with van der Waals surface area (Å²) in [5.74, 6) is 0.745. The van der Waals surface area contributed by atoms with E-state index in [9.17, 15) is 4.79 Å². The number of hydrogen-bond donors (Lipinski definition) is 2. The summed E-state index contributed by atoms with van der Waals surface area (Å²) in [7, 11) is 2.12. The van der Waals surface area contributed by atoms with Crippen LogP contribution in [-0.2, 0) is 19.6 Å². The molecule has 30 heavy (non-hydrogen) atoms. The molecule has 2 aromatic carbocycles. The van der Waals surface area contributed by atoms with Gasteiger partial charge in [0.1, 0.15) is 23.5 Å². The molecule has 0 bridgehead atoms. The van der Waals surface area contributed by atoms with E-state index in [1.165, 1.54) is 10.4 Å². The van der Waals surface area contributed by atoms with Gasteiger partial charge in [0.15, 0.2) is 0 Å². The normalized spacial score (nSPS) is 18.2. The lowest BCUT2D eigenvalue weighted by Gasteiger charge is -2.28. The molecule has 0 radical (unpaired) electrons. The van der Waals surface area contributed by atoms with Crippen LogP contribution in [0.4, 0.5) is 5.00 Å². The summed E-state index contributed by atoms with van der Waals surface area (Å²) in [6.07, 6.45) is 0.575. The van der Waals surface area contributed by atoms with Crippen molar-refractivity contribution < 1.29 is 9.53 Å². The number of hydrogen-bond acceptors (Lipinski definition) is 5. The highest BCUT2D eigenvalue weighted by atomic mass is 79.9. The van der Waals surface area contributed by atoms with Gasteiger partial charge >= 0.3 is 0 Å². The first-order chi connectivity index (χ1) is 14.6. The highest BCUT2D eigenvalue weighted by Gasteiger charge is 2.33. The molecule has 0 saturated heterocycles. The first-order valence-electron chi connectivity index (χ1n) is 9.95. The minimum Gasteiger partial charge on any atom is -0.488 e. The summed E-state index contributed by atoms with van der Waals surface area (Å²) < 4.78 is 7.08. The first-order valence-corrected chi connectivity index (χ1v) is 11.6. The third kappa shape index (κ3) is 3.73. The fourth-order valence-corrected chi connectivity index (χ4v) is 5.74. The molecule has 5 nitrogen and oxygen atoms in total. The number of amides is 1. The zero-order valence-electron chi connectivity index (χ0n) is 16.6. The van der Waals surface area contributed by atoms with E-state index in [1.807, 2.05) is 48.5 Å². The lowest BCUT2D eigenvalue weighted by Crippen LogP contribution is -2.39. The molecule has 1 aromatic heterocycles. The SMILES string of the molecule is CN1CCc2c(sc3c2C(=O)N[C@@H](c2cc(Br)ccc2OCc2ccccc2)N3)C1. The average Bonchev–Trinajstić information content (AvgIpc) is 3.11. The highest BCUT2D eigenvalue weighted by Crippen LogP contribution is 2.42. The van der Waals surface area contributed by atoms with Crippen molar-refractivity contribution in [2.45, 2.75) is 25.7 Å². The molecule has 2 N–H and O–H groups in total. The van der Waals surface area contributed by atoms with Gasteiger partial charge in [0.25, 0.3) is 5.91 Å². The Bertz CT molecular complexity index is 1100. The second kappa shape index (κ2) is 8.06. The molecule has 2 aliphatic rings. The van der Waals surface area contributed by atoms with Crippen LogP contribution in [0.2, 0.25) is 0 Å². The Labute approximate surface area is 188 Å². The maximum Gasteiger partial charge on any atom is 0.256 e. The van der Waals surface area contributed by atoms with Crippen molar-refractivity contribution in [1.29, 1.82) is 0 Å². The van der Waals surface area contributed by atoms with E-state index in [2.05, 4.69) is 38.5 Å². The molecule has 7 heteroatoms. The number of benzene rings is 2. The molecule has 1 amide bonds. The number of nitrogens with one attached hydrogen (secondary N) is 2. The minimum absolute atomic E-state index is 0.00946. The zero-order chi connectivity index (χ0) is 20.7. The van der Waals surface area contributed by atoms with Crippen LogP contribution in [0.5, 0.6) is 5.75 Å². The maximum absolute atomic E-state index is 13.0. The Morgan fingerprint density at radius 1 is 1.20 bits per heavy atom. The number of halogens is 1. The van der Waals surface area contributed by atoms with Gasteiger partial charge in [0, 0.05) is 28.0 Å². The number of anilines is 1. The Balaban J connectivity index is 1.44. The molecule has 1 atom stereocenters. The highest BCUT2D eigenvalue weighted by molar-refractivity contribution is 9.10. The number of carbonyl (C=O) groups is 1. The Kier molecular flexibility index (Phi) is 5.26. The van der Waals surface area contributed by atoms with Gasteiger partial charge in [-0.1, -0.05) is 46.3 Å². The predicted octanol–water partition coefficient (Wildman–Crippen LogP) is 4.93. The fourth-order valence-electron chi connectivity index (χ4n) is 4.01. The Morgan fingerprint density at radius 2 is 2.03 bits per heavy atom. The van der Waals surface area contributed by atoms with Gasteiger partial charge in [-0.2, -0.15) is 0 Å². The van der Waals surface area contributed by atoms with Crippen LogP contribution >= 0.6 is 27.3 Å². The van der Waals surface area contributed by atoms with Crippen LogP contribution in [-0.4, -0.2) is 24.4 Å². The third-order valence-corrected chi connectivity index (χ3v) is 7.19. The van der Waals surface area contributed by atoms with E-state index in [0.29, 0.717) is 6.61 Å². The molecular weight excluding hydrogens is 462 g/mol. The largest absolute Gasteiger partial charge is 0.488 e. The topological polar surface area (TPSA) is 53.6 Å². The van der Waals surface area contributed by atoms with Gasteiger partial charge in [-0.15, -0.1) is 11.3 Å². The van der Waals surface area contributed by atoms with Gasteiger partial charge in [0.2, 0.25) is 0 Å². The summed E-state index contributed by atoms with van der Waals surface area (Å²) in [6, 6.07) is 16.0. The molecule has 0 spiro atoms. The number of carbonyl (C=O) groups excluding carboxylic acids is 1. The first kappa shape index (κ1) is 19.6. The molecule has 154 valence electrons. The van der Waals surface area contributed by atoms with E-state index in [-0.39, 0.29) is 12.1 Å². The smallest absolute Gasteiger partial charge is 0.256 e. The van der Waals surface area contributed by atoms with E-state index < -0.39 is 0 Å². The van der Waals surface area contributed by atoms with Crippen LogP contribution < -0.4 is 15.4 Å². The Hall–Kier alpha value is -2.35. The van der Waals surface area contributed by atoms with E-state index in [1.54, 1.807) is 11.3 Å². The lowest BCUT2D eigenvalue weighted by atomic mass is 10.0. The number of ether oxygens (including phenoxy) is 1. The Morgan fingerprint density at radius 3 is 2.87 bits per heavy atom. The average molecular weight is 484 g/mol. The van der Waals surface area contributed by atoms with Crippen LogP contribution in [0.15, 0.2) is 53.0 Å². The maximum atomic E-state index is 13.0. The van der Waals surface area contributed by atoms with Crippen molar-refractivity contribution in [2.75, 3.05) is 18.9 Å². The summed E-state index contributed by atoms with van der Waals surface area (Å²) in [6.45, 7) is 2.35. The standard InChI is InChI=1S/C23H22BrN3O2S/c1-27-10-9-16-19(12-27)30-23-20(16)22(28)25-21(26-23)17-11-15(24)7-8-18(17)29-13-14-5-3-2-4-6-14/h2-8,11,21,26H,9-10,12-13H2,1H3,(H,25,28)/t21-/m1/s1. The zero-order valence-corrected chi connectivity index (χ0v) is 19.0. The molecule has 3 heterocycles. The number of likely N-dealkylation sites (N-methyl/N-ethyl adjacent to an activating group) is 1. The number of rotatable bonds is 4. The van der Waals surface area contributed by atoms with Gasteiger partial charge in [-0.3, -0.25) is 4.79 Å². The molecule has 0 fully saturated rings. The summed E-state index contributed by atoms with van der Waals surface area (Å²) >= 11 is 5.26. The summed E-state index contributed by atoms with van der Waals surface area (Å²) in [4.78, 5) is 16.6. The van der Waals surface area contributed by atoms with Crippen molar-refractivity contribution in [3.8, 4) is 5.75 Å². The van der Waals surface area contributed by atoms with Gasteiger partial charge < -0.3 is 20.3 Å². The van der Waals surface area contributed by atoms with Crippen molar-refractivity contribution >= 4 is 38.2 Å². The minimum atomic E-state index is -0.342. The van der Waals surface area contributed by atoms with Crippen LogP contribution in [0, 0.1) is 0 Å². The monoisotopic (exact) mass is 483 g/mol. The second-order valence-corrected chi connectivity index (χ2v) is 9.72. The third-order valence-electron chi connectivity index (χ3n) is 5.55. The molecular formula is C23H22BrN3O2S. The number of fused-ring (bicyclic) bond motifs is 3. The van der Waals surface area contributed by atoms with Crippen LogP contribution in [0.1, 0.15) is 38.1 Å².